The van der Waals surface area contributed by atoms with Crippen LogP contribution in [-0.2, 0) is 7.05 Å². The molecule has 0 spiro atoms. The van der Waals surface area contributed by atoms with Gasteiger partial charge in [-0.3, -0.25) is 4.79 Å². The maximum Gasteiger partial charge on any atom is 0.267 e. The summed E-state index contributed by atoms with van der Waals surface area (Å²) in [5.74, 6) is -0.0700. The van der Waals surface area contributed by atoms with Gasteiger partial charge in [0.05, 0.1) is 6.10 Å². The molecule has 3 N–H and O–H groups in total. The molecule has 0 saturated heterocycles. The van der Waals surface area contributed by atoms with Crippen LogP contribution in [0, 0.1) is 6.92 Å². The molecule has 0 radical (unpaired) electrons. The maximum absolute atomic E-state index is 11.8. The number of nitrogens with zero attached hydrogens (tertiary/aromatic N) is 1. The zero-order chi connectivity index (χ0) is 12.8. The van der Waals surface area contributed by atoms with Crippen molar-refractivity contribution in [1.82, 2.24) is 15.2 Å². The van der Waals surface area contributed by atoms with Gasteiger partial charge < -0.3 is 20.3 Å². The molecule has 5 nitrogen and oxygen atoms in total. The Balaban J connectivity index is 2.28. The molecular formula is C12H21N3O2. The summed E-state index contributed by atoms with van der Waals surface area (Å²) in [6.45, 7) is 5.42. The van der Waals surface area contributed by atoms with Crippen LogP contribution in [0.25, 0.3) is 0 Å². The fourth-order valence-corrected chi connectivity index (χ4v) is 1.51. The molecule has 0 fully saturated rings. The van der Waals surface area contributed by atoms with Crippen molar-refractivity contribution < 1.29 is 9.90 Å². The molecule has 1 rings (SSSR count). The van der Waals surface area contributed by atoms with Gasteiger partial charge in [0, 0.05) is 32.4 Å². The third-order valence-electron chi connectivity index (χ3n) is 2.63. The van der Waals surface area contributed by atoms with E-state index in [0.717, 1.165) is 5.69 Å². The van der Waals surface area contributed by atoms with Gasteiger partial charge in [0.2, 0.25) is 0 Å². The van der Waals surface area contributed by atoms with Crippen LogP contribution in [0.5, 0.6) is 0 Å². The average Bonchev–Trinajstić information content (AvgIpc) is 2.59. The second-order valence-corrected chi connectivity index (χ2v) is 4.23. The molecule has 0 aliphatic rings. The van der Waals surface area contributed by atoms with Crippen molar-refractivity contribution >= 4 is 5.91 Å². The lowest BCUT2D eigenvalue weighted by atomic mass is 10.4. The van der Waals surface area contributed by atoms with E-state index in [2.05, 4.69) is 10.6 Å². The minimum atomic E-state index is -0.360. The quantitative estimate of drug-likeness (QED) is 0.614. The Morgan fingerprint density at radius 2 is 2.18 bits per heavy atom. The zero-order valence-corrected chi connectivity index (χ0v) is 10.7. The van der Waals surface area contributed by atoms with Gasteiger partial charge >= 0.3 is 0 Å². The van der Waals surface area contributed by atoms with Gasteiger partial charge in [0.1, 0.15) is 5.69 Å². The Morgan fingerprint density at radius 1 is 1.47 bits per heavy atom. The van der Waals surface area contributed by atoms with Crippen LogP contribution in [0.1, 0.15) is 23.1 Å². The molecule has 5 heteroatoms. The first kappa shape index (κ1) is 13.7. The fraction of sp³-hybridized carbons (Fsp3) is 0.583. The van der Waals surface area contributed by atoms with Crippen molar-refractivity contribution in [3.63, 3.8) is 0 Å². The van der Waals surface area contributed by atoms with Gasteiger partial charge in [0.25, 0.3) is 5.91 Å². The monoisotopic (exact) mass is 239 g/mol. The molecule has 0 bridgehead atoms. The summed E-state index contributed by atoms with van der Waals surface area (Å²) in [5.41, 5.74) is 1.72. The highest BCUT2D eigenvalue weighted by Crippen LogP contribution is 2.04. The van der Waals surface area contributed by atoms with Gasteiger partial charge in [-0.2, -0.15) is 0 Å². The standard InChI is InChI=1S/C12H21N3O2/c1-9-4-5-11(15(9)3)12(17)14-7-6-13-8-10(2)16/h4-5,10,13,16H,6-8H2,1-3H3,(H,14,17). The van der Waals surface area contributed by atoms with Crippen molar-refractivity contribution in [2.24, 2.45) is 7.05 Å². The van der Waals surface area contributed by atoms with E-state index < -0.39 is 0 Å². The molecule has 1 amide bonds. The number of hydrogen-bond donors (Lipinski definition) is 3. The molecule has 1 unspecified atom stereocenters. The van der Waals surface area contributed by atoms with E-state index in [0.29, 0.717) is 25.3 Å². The highest BCUT2D eigenvalue weighted by atomic mass is 16.3. The summed E-state index contributed by atoms with van der Waals surface area (Å²) < 4.78 is 1.86. The molecule has 0 aliphatic heterocycles. The number of aliphatic hydroxyl groups is 1. The summed E-state index contributed by atoms with van der Waals surface area (Å²) >= 11 is 0. The van der Waals surface area contributed by atoms with Crippen molar-refractivity contribution in [2.45, 2.75) is 20.0 Å². The summed E-state index contributed by atoms with van der Waals surface area (Å²) in [4.78, 5) is 11.8. The number of carbonyl (C=O) groups excluding carboxylic acids is 1. The van der Waals surface area contributed by atoms with E-state index in [1.807, 2.05) is 30.7 Å². The topological polar surface area (TPSA) is 66.3 Å². The van der Waals surface area contributed by atoms with Crippen LogP contribution in [-0.4, -0.2) is 41.3 Å². The molecule has 1 aromatic rings. The van der Waals surface area contributed by atoms with Gasteiger partial charge in [-0.25, -0.2) is 0 Å². The number of aromatic nitrogens is 1. The number of carbonyl (C=O) groups is 1. The van der Waals surface area contributed by atoms with Gasteiger partial charge in [-0.1, -0.05) is 0 Å². The maximum atomic E-state index is 11.8. The smallest absolute Gasteiger partial charge is 0.267 e. The molecule has 1 aromatic heterocycles. The Kier molecular flexibility index (Phi) is 5.18. The van der Waals surface area contributed by atoms with Crippen LogP contribution < -0.4 is 10.6 Å². The van der Waals surface area contributed by atoms with Crippen LogP contribution in [0.4, 0.5) is 0 Å². The molecule has 0 aliphatic carbocycles. The van der Waals surface area contributed by atoms with Crippen LogP contribution in [0.15, 0.2) is 12.1 Å². The fourth-order valence-electron chi connectivity index (χ4n) is 1.51. The largest absolute Gasteiger partial charge is 0.392 e. The lowest BCUT2D eigenvalue weighted by molar-refractivity contribution is 0.0945. The molecule has 0 aromatic carbocycles. The first-order chi connectivity index (χ1) is 8.02. The van der Waals surface area contributed by atoms with Gasteiger partial charge in [-0.05, 0) is 26.0 Å². The molecule has 17 heavy (non-hydrogen) atoms. The van der Waals surface area contributed by atoms with Crippen LogP contribution >= 0.6 is 0 Å². The number of amides is 1. The lowest BCUT2D eigenvalue weighted by Crippen LogP contribution is -2.35. The lowest BCUT2D eigenvalue weighted by Gasteiger charge is -2.09. The Labute approximate surface area is 102 Å². The van der Waals surface area contributed by atoms with Crippen molar-refractivity contribution in [3.8, 4) is 0 Å². The Morgan fingerprint density at radius 3 is 2.71 bits per heavy atom. The van der Waals surface area contributed by atoms with Crippen LogP contribution in [0.2, 0.25) is 0 Å². The second kappa shape index (κ2) is 6.42. The van der Waals surface area contributed by atoms with E-state index in [4.69, 9.17) is 5.11 Å². The minimum absolute atomic E-state index is 0.0700. The van der Waals surface area contributed by atoms with E-state index >= 15 is 0 Å². The first-order valence-corrected chi connectivity index (χ1v) is 5.81. The summed E-state index contributed by atoms with van der Waals surface area (Å²) in [7, 11) is 1.87. The number of rotatable bonds is 6. The normalized spacial score (nSPS) is 12.5. The summed E-state index contributed by atoms with van der Waals surface area (Å²) in [5, 5.41) is 14.9. The van der Waals surface area contributed by atoms with E-state index in [1.165, 1.54) is 0 Å². The summed E-state index contributed by atoms with van der Waals surface area (Å²) in [6, 6.07) is 3.73. The van der Waals surface area contributed by atoms with Crippen LogP contribution in [0.3, 0.4) is 0 Å². The number of aryl methyl sites for hydroxylation is 1. The second-order valence-electron chi connectivity index (χ2n) is 4.23. The summed E-state index contributed by atoms with van der Waals surface area (Å²) in [6.07, 6.45) is -0.360. The third kappa shape index (κ3) is 4.20. The predicted octanol–water partition coefficient (Wildman–Crippen LogP) is 0.0337. The number of nitrogens with one attached hydrogen (secondary N) is 2. The van der Waals surface area contributed by atoms with E-state index in [-0.39, 0.29) is 12.0 Å². The number of hydrogen-bond acceptors (Lipinski definition) is 3. The van der Waals surface area contributed by atoms with Crippen molar-refractivity contribution in [2.75, 3.05) is 19.6 Å². The Bertz CT molecular complexity index is 372. The molecule has 1 atom stereocenters. The minimum Gasteiger partial charge on any atom is -0.392 e. The molecule has 0 saturated carbocycles. The average molecular weight is 239 g/mol. The molecule has 1 heterocycles. The predicted molar refractivity (Wildman–Crippen MR) is 67.0 cm³/mol. The van der Waals surface area contributed by atoms with Gasteiger partial charge in [0.15, 0.2) is 0 Å². The highest BCUT2D eigenvalue weighted by Gasteiger charge is 2.09. The highest BCUT2D eigenvalue weighted by molar-refractivity contribution is 5.92. The zero-order valence-electron chi connectivity index (χ0n) is 10.7. The van der Waals surface area contributed by atoms with E-state index in [9.17, 15) is 4.79 Å². The molecule has 96 valence electrons. The first-order valence-electron chi connectivity index (χ1n) is 5.81. The molecular weight excluding hydrogens is 218 g/mol. The third-order valence-corrected chi connectivity index (χ3v) is 2.63. The van der Waals surface area contributed by atoms with Gasteiger partial charge in [-0.15, -0.1) is 0 Å². The van der Waals surface area contributed by atoms with E-state index in [1.54, 1.807) is 6.92 Å². The number of aliphatic hydroxyl groups excluding tert-OH is 1. The SMILES string of the molecule is Cc1ccc(C(=O)NCCNCC(C)O)n1C. The Hall–Kier alpha value is -1.33. The van der Waals surface area contributed by atoms with Crippen molar-refractivity contribution in [3.05, 3.63) is 23.5 Å². The van der Waals surface area contributed by atoms with Crippen molar-refractivity contribution in [1.29, 1.82) is 0 Å².